The van der Waals surface area contributed by atoms with Crippen LogP contribution >= 0.6 is 0 Å². The highest BCUT2D eigenvalue weighted by atomic mass is 16.5. The molecule has 1 saturated carbocycles. The van der Waals surface area contributed by atoms with Gasteiger partial charge >= 0.3 is 5.97 Å². The third-order valence-corrected chi connectivity index (χ3v) is 3.25. The molecule has 1 saturated heterocycles. The number of hydrogen-bond acceptors (Lipinski definition) is 3. The van der Waals surface area contributed by atoms with Gasteiger partial charge in [-0.1, -0.05) is 0 Å². The van der Waals surface area contributed by atoms with Crippen LogP contribution in [-0.2, 0) is 9.53 Å². The Balaban J connectivity index is 1.79. The predicted octanol–water partition coefficient (Wildman–Crippen LogP) is 1.28. The summed E-state index contributed by atoms with van der Waals surface area (Å²) in [5.41, 5.74) is 0. The third kappa shape index (κ3) is 2.47. The second-order valence-corrected chi connectivity index (χ2v) is 4.57. The summed E-state index contributed by atoms with van der Waals surface area (Å²) in [5.74, 6) is 1.03. The van der Waals surface area contributed by atoms with Crippen LogP contribution in [0.3, 0.4) is 0 Å². The fourth-order valence-electron chi connectivity index (χ4n) is 2.25. The molecule has 1 heterocycles. The van der Waals surface area contributed by atoms with Crippen molar-refractivity contribution in [1.82, 2.24) is 4.90 Å². The van der Waals surface area contributed by atoms with E-state index in [2.05, 4.69) is 4.90 Å². The Morgan fingerprint density at radius 2 is 2.21 bits per heavy atom. The molecule has 0 aromatic rings. The highest BCUT2D eigenvalue weighted by molar-refractivity contribution is 5.72. The number of piperidine rings is 1. The maximum atomic E-state index is 11.4. The predicted molar refractivity (Wildman–Crippen MR) is 53.9 cm³/mol. The fraction of sp³-hybridized carbons (Fsp3) is 0.909. The van der Waals surface area contributed by atoms with Crippen LogP contribution in [0.2, 0.25) is 0 Å². The average Bonchev–Trinajstić information content (AvgIpc) is 3.01. The van der Waals surface area contributed by atoms with E-state index < -0.39 is 0 Å². The summed E-state index contributed by atoms with van der Waals surface area (Å²) in [6.07, 6.45) is 4.93. The summed E-state index contributed by atoms with van der Waals surface area (Å²) in [6, 6.07) is 0. The Kier molecular flexibility index (Phi) is 3.06. The van der Waals surface area contributed by atoms with Crippen LogP contribution in [0.4, 0.5) is 0 Å². The zero-order valence-electron chi connectivity index (χ0n) is 8.87. The maximum absolute atomic E-state index is 11.4. The first kappa shape index (κ1) is 9.97. The summed E-state index contributed by atoms with van der Waals surface area (Å²) in [5, 5.41) is 0. The van der Waals surface area contributed by atoms with E-state index in [4.69, 9.17) is 4.74 Å². The number of methoxy groups -OCH3 is 1. The Labute approximate surface area is 85.4 Å². The second-order valence-electron chi connectivity index (χ2n) is 4.57. The van der Waals surface area contributed by atoms with Crippen LogP contribution in [0.5, 0.6) is 0 Å². The van der Waals surface area contributed by atoms with Gasteiger partial charge in [0.25, 0.3) is 0 Å². The van der Waals surface area contributed by atoms with Crippen molar-refractivity contribution >= 4 is 5.97 Å². The van der Waals surface area contributed by atoms with Crippen molar-refractivity contribution in [2.75, 3.05) is 26.7 Å². The number of likely N-dealkylation sites (tertiary alicyclic amines) is 1. The highest BCUT2D eigenvalue weighted by Crippen LogP contribution is 2.31. The number of hydrogen-bond donors (Lipinski definition) is 0. The van der Waals surface area contributed by atoms with E-state index in [1.807, 2.05) is 0 Å². The molecule has 0 radical (unpaired) electrons. The molecule has 0 N–H and O–H groups in total. The Morgan fingerprint density at radius 3 is 2.86 bits per heavy atom. The van der Waals surface area contributed by atoms with Gasteiger partial charge in [0.2, 0.25) is 0 Å². The molecule has 2 fully saturated rings. The van der Waals surface area contributed by atoms with E-state index in [1.165, 1.54) is 33.0 Å². The van der Waals surface area contributed by atoms with Gasteiger partial charge in [0.05, 0.1) is 13.0 Å². The van der Waals surface area contributed by atoms with Crippen LogP contribution in [0.25, 0.3) is 0 Å². The first-order valence-corrected chi connectivity index (χ1v) is 5.60. The van der Waals surface area contributed by atoms with Crippen molar-refractivity contribution < 1.29 is 9.53 Å². The Morgan fingerprint density at radius 1 is 1.43 bits per heavy atom. The molecule has 1 aliphatic carbocycles. The molecule has 3 nitrogen and oxygen atoms in total. The lowest BCUT2D eigenvalue weighted by Crippen LogP contribution is -2.40. The SMILES string of the molecule is COC(=O)C1CCCN(CC2CC2)C1. The Hall–Kier alpha value is -0.570. The molecule has 3 heteroatoms. The number of ether oxygens (including phenoxy) is 1. The van der Waals surface area contributed by atoms with Crippen molar-refractivity contribution in [3.63, 3.8) is 0 Å². The molecular weight excluding hydrogens is 178 g/mol. The summed E-state index contributed by atoms with van der Waals surface area (Å²) >= 11 is 0. The van der Waals surface area contributed by atoms with Gasteiger partial charge in [0, 0.05) is 13.1 Å². The lowest BCUT2D eigenvalue weighted by Gasteiger charge is -2.31. The molecule has 0 spiro atoms. The molecule has 1 unspecified atom stereocenters. The number of carbonyl (C=O) groups is 1. The minimum Gasteiger partial charge on any atom is -0.469 e. The molecule has 0 aromatic carbocycles. The van der Waals surface area contributed by atoms with E-state index in [-0.39, 0.29) is 11.9 Å². The van der Waals surface area contributed by atoms with Crippen molar-refractivity contribution in [2.45, 2.75) is 25.7 Å². The van der Waals surface area contributed by atoms with E-state index in [0.29, 0.717) is 0 Å². The largest absolute Gasteiger partial charge is 0.469 e. The van der Waals surface area contributed by atoms with Crippen LogP contribution < -0.4 is 0 Å². The van der Waals surface area contributed by atoms with Crippen LogP contribution in [0.15, 0.2) is 0 Å². The van der Waals surface area contributed by atoms with Gasteiger partial charge in [-0.15, -0.1) is 0 Å². The molecule has 2 rings (SSSR count). The molecule has 80 valence electrons. The minimum atomic E-state index is -0.0227. The van der Waals surface area contributed by atoms with Gasteiger partial charge in [-0.25, -0.2) is 0 Å². The van der Waals surface area contributed by atoms with Gasteiger partial charge in [-0.2, -0.15) is 0 Å². The summed E-state index contributed by atoms with van der Waals surface area (Å²) in [6.45, 7) is 3.29. The first-order chi connectivity index (χ1) is 6.79. The standard InChI is InChI=1S/C11H19NO2/c1-14-11(13)10-3-2-6-12(8-10)7-9-4-5-9/h9-10H,2-8H2,1H3. The first-order valence-electron chi connectivity index (χ1n) is 5.60. The minimum absolute atomic E-state index is 0.0227. The molecule has 14 heavy (non-hydrogen) atoms. The number of rotatable bonds is 3. The summed E-state index contributed by atoms with van der Waals surface area (Å²) in [7, 11) is 1.49. The number of carbonyl (C=O) groups excluding carboxylic acids is 1. The summed E-state index contributed by atoms with van der Waals surface area (Å²) < 4.78 is 4.79. The lowest BCUT2D eigenvalue weighted by molar-refractivity contribution is -0.147. The van der Waals surface area contributed by atoms with Gasteiger partial charge in [-0.3, -0.25) is 4.79 Å². The fourth-order valence-corrected chi connectivity index (χ4v) is 2.25. The van der Waals surface area contributed by atoms with Crippen molar-refractivity contribution in [3.8, 4) is 0 Å². The molecule has 1 aliphatic heterocycles. The van der Waals surface area contributed by atoms with Gasteiger partial charge in [-0.05, 0) is 38.1 Å². The lowest BCUT2D eigenvalue weighted by atomic mass is 9.98. The second kappa shape index (κ2) is 4.30. The average molecular weight is 197 g/mol. The normalized spacial score (nSPS) is 28.8. The molecule has 2 aliphatic rings. The van der Waals surface area contributed by atoms with Crippen molar-refractivity contribution in [1.29, 1.82) is 0 Å². The topological polar surface area (TPSA) is 29.5 Å². The third-order valence-electron chi connectivity index (χ3n) is 3.25. The quantitative estimate of drug-likeness (QED) is 0.638. The van der Waals surface area contributed by atoms with Gasteiger partial charge in [0.1, 0.15) is 0 Å². The number of nitrogens with zero attached hydrogens (tertiary/aromatic N) is 1. The maximum Gasteiger partial charge on any atom is 0.309 e. The smallest absolute Gasteiger partial charge is 0.309 e. The molecule has 0 aromatic heterocycles. The highest BCUT2D eigenvalue weighted by Gasteiger charge is 2.30. The van der Waals surface area contributed by atoms with Gasteiger partial charge < -0.3 is 9.64 Å². The van der Waals surface area contributed by atoms with Crippen molar-refractivity contribution in [2.24, 2.45) is 11.8 Å². The van der Waals surface area contributed by atoms with E-state index >= 15 is 0 Å². The molecular formula is C11H19NO2. The monoisotopic (exact) mass is 197 g/mol. The van der Waals surface area contributed by atoms with Crippen molar-refractivity contribution in [3.05, 3.63) is 0 Å². The zero-order valence-corrected chi connectivity index (χ0v) is 8.87. The van der Waals surface area contributed by atoms with Crippen LogP contribution in [-0.4, -0.2) is 37.6 Å². The summed E-state index contributed by atoms with van der Waals surface area (Å²) in [4.78, 5) is 13.8. The Bertz CT molecular complexity index is 213. The van der Waals surface area contributed by atoms with Gasteiger partial charge in [0.15, 0.2) is 0 Å². The van der Waals surface area contributed by atoms with Crippen LogP contribution in [0, 0.1) is 11.8 Å². The zero-order chi connectivity index (χ0) is 9.97. The molecule has 0 amide bonds. The van der Waals surface area contributed by atoms with Crippen LogP contribution in [0.1, 0.15) is 25.7 Å². The molecule has 1 atom stereocenters. The van der Waals surface area contributed by atoms with E-state index in [1.54, 1.807) is 0 Å². The molecule has 0 bridgehead atoms. The van der Waals surface area contributed by atoms with E-state index in [0.717, 1.165) is 25.3 Å². The van der Waals surface area contributed by atoms with E-state index in [9.17, 15) is 4.79 Å². The number of esters is 1.